The zero-order valence-corrected chi connectivity index (χ0v) is 17.0. The zero-order chi connectivity index (χ0) is 22.5. The van der Waals surface area contributed by atoms with Gasteiger partial charge in [0.15, 0.2) is 11.3 Å². The Hall–Kier alpha value is -4.02. The lowest BCUT2D eigenvalue weighted by molar-refractivity contribution is -0.140. The van der Waals surface area contributed by atoms with Crippen molar-refractivity contribution in [3.8, 4) is 28.5 Å². The number of hydrogen-bond acceptors (Lipinski definition) is 6. The molecule has 5 aromatic rings. The van der Waals surface area contributed by atoms with Gasteiger partial charge in [0, 0.05) is 19.7 Å². The Morgan fingerprint density at radius 3 is 2.50 bits per heavy atom. The largest absolute Gasteiger partial charge is 0.435 e. The van der Waals surface area contributed by atoms with Crippen molar-refractivity contribution >= 4 is 11.0 Å². The molecule has 0 atom stereocenters. The van der Waals surface area contributed by atoms with Crippen LogP contribution in [0.15, 0.2) is 53.1 Å². The van der Waals surface area contributed by atoms with Gasteiger partial charge in [0.25, 0.3) is 0 Å². The summed E-state index contributed by atoms with van der Waals surface area (Å²) in [6.07, 6.45) is -3.12. The summed E-state index contributed by atoms with van der Waals surface area (Å²) < 4.78 is 50.6. The summed E-state index contributed by atoms with van der Waals surface area (Å²) in [5, 5.41) is 15.7. The zero-order valence-electron chi connectivity index (χ0n) is 17.0. The van der Waals surface area contributed by atoms with Gasteiger partial charge in [0.2, 0.25) is 11.8 Å². The maximum absolute atomic E-state index is 14.1. The van der Waals surface area contributed by atoms with Crippen LogP contribution >= 0.6 is 0 Å². The Morgan fingerprint density at radius 2 is 1.84 bits per heavy atom. The monoisotopic (exact) mass is 439 g/mol. The number of alkyl halides is 3. The second-order valence-electron chi connectivity index (χ2n) is 7.01. The lowest BCUT2D eigenvalue weighted by Gasteiger charge is -2.09. The van der Waals surface area contributed by atoms with E-state index in [0.29, 0.717) is 23.6 Å². The van der Waals surface area contributed by atoms with Crippen LogP contribution in [-0.2, 0) is 12.7 Å². The molecule has 0 aliphatic carbocycles. The molecule has 162 valence electrons. The molecule has 0 radical (unpaired) electrons. The van der Waals surface area contributed by atoms with Gasteiger partial charge in [-0.1, -0.05) is 18.2 Å². The third-order valence-electron chi connectivity index (χ3n) is 4.94. The molecule has 32 heavy (non-hydrogen) atoms. The highest BCUT2D eigenvalue weighted by molar-refractivity contribution is 5.96. The predicted molar refractivity (Wildman–Crippen MR) is 109 cm³/mol. The first-order valence-electron chi connectivity index (χ1n) is 9.76. The van der Waals surface area contributed by atoms with Crippen molar-refractivity contribution in [3.63, 3.8) is 0 Å². The molecule has 11 heteroatoms. The van der Waals surface area contributed by atoms with Crippen molar-refractivity contribution in [2.75, 3.05) is 0 Å². The molecule has 0 bridgehead atoms. The average Bonchev–Trinajstić information content (AvgIpc) is 3.51. The Bertz CT molecular complexity index is 1420. The molecule has 1 aromatic carbocycles. The molecular formula is C21H16F3N7O. The standard InChI is InChI=1S/C21H16F3N7O/c1-3-30-16(9-10-25-30)15-11-14(20-28-27-12(2)32-20)17-18(21(22,23)24)29-31(19(17)26-15)13-7-5-4-6-8-13/h4-11H,3H2,1-2H3. The van der Waals surface area contributed by atoms with E-state index in [2.05, 4.69) is 25.4 Å². The lowest BCUT2D eigenvalue weighted by atomic mass is 10.1. The number of fused-ring (bicyclic) bond motifs is 1. The molecule has 0 amide bonds. The maximum atomic E-state index is 14.1. The SMILES string of the molecule is CCn1nccc1-c1cc(-c2nnc(C)o2)c2c(C(F)(F)F)nn(-c3ccccc3)c2n1. The molecular weight excluding hydrogens is 423 g/mol. The molecule has 0 aliphatic rings. The number of aromatic nitrogens is 7. The highest BCUT2D eigenvalue weighted by atomic mass is 19.4. The molecule has 4 heterocycles. The normalized spacial score (nSPS) is 12.0. The van der Waals surface area contributed by atoms with E-state index < -0.39 is 11.9 Å². The summed E-state index contributed by atoms with van der Waals surface area (Å²) in [7, 11) is 0. The van der Waals surface area contributed by atoms with Crippen molar-refractivity contribution < 1.29 is 17.6 Å². The van der Waals surface area contributed by atoms with Crippen molar-refractivity contribution in [1.82, 2.24) is 34.7 Å². The third kappa shape index (κ3) is 3.22. The average molecular weight is 439 g/mol. The maximum Gasteiger partial charge on any atom is 0.435 e. The third-order valence-corrected chi connectivity index (χ3v) is 4.94. The van der Waals surface area contributed by atoms with Gasteiger partial charge < -0.3 is 4.42 Å². The minimum Gasteiger partial charge on any atom is -0.421 e. The topological polar surface area (TPSA) is 87.5 Å². The summed E-state index contributed by atoms with van der Waals surface area (Å²) in [6.45, 7) is 4.04. The summed E-state index contributed by atoms with van der Waals surface area (Å²) in [5.41, 5.74) is 0.536. The number of hydrogen-bond donors (Lipinski definition) is 0. The summed E-state index contributed by atoms with van der Waals surface area (Å²) >= 11 is 0. The molecule has 0 aliphatic heterocycles. The Labute approximate surface area is 179 Å². The first-order valence-corrected chi connectivity index (χ1v) is 9.76. The highest BCUT2D eigenvalue weighted by Crippen LogP contribution is 2.40. The molecule has 0 unspecified atom stereocenters. The number of pyridine rings is 1. The van der Waals surface area contributed by atoms with Gasteiger partial charge in [-0.2, -0.15) is 23.4 Å². The van der Waals surface area contributed by atoms with Crippen LogP contribution in [0.5, 0.6) is 0 Å². The Kier molecular flexibility index (Phi) is 4.54. The molecule has 5 rings (SSSR count). The minimum absolute atomic E-state index is 0.0238. The van der Waals surface area contributed by atoms with Crippen molar-refractivity contribution in [2.24, 2.45) is 0 Å². The van der Waals surface area contributed by atoms with Crippen LogP contribution in [0.1, 0.15) is 18.5 Å². The van der Waals surface area contributed by atoms with E-state index in [0.717, 1.165) is 0 Å². The number of halogens is 3. The summed E-state index contributed by atoms with van der Waals surface area (Å²) in [6, 6.07) is 11.8. The van der Waals surface area contributed by atoms with Crippen molar-refractivity contribution in [2.45, 2.75) is 26.6 Å². The van der Waals surface area contributed by atoms with Gasteiger partial charge >= 0.3 is 6.18 Å². The minimum atomic E-state index is -4.73. The van der Waals surface area contributed by atoms with Crippen LogP contribution in [0.2, 0.25) is 0 Å². The van der Waals surface area contributed by atoms with Crippen LogP contribution in [0.3, 0.4) is 0 Å². The van der Waals surface area contributed by atoms with E-state index in [9.17, 15) is 13.2 Å². The van der Waals surface area contributed by atoms with Crippen LogP contribution in [0.25, 0.3) is 39.6 Å². The van der Waals surface area contributed by atoms with Crippen LogP contribution in [0, 0.1) is 6.92 Å². The van der Waals surface area contributed by atoms with E-state index in [4.69, 9.17) is 4.42 Å². The van der Waals surface area contributed by atoms with E-state index in [-0.39, 0.29) is 28.4 Å². The van der Waals surface area contributed by atoms with Gasteiger partial charge in [-0.3, -0.25) is 4.68 Å². The Morgan fingerprint density at radius 1 is 1.06 bits per heavy atom. The molecule has 0 spiro atoms. The molecule has 0 saturated carbocycles. The van der Waals surface area contributed by atoms with E-state index in [1.807, 2.05) is 6.92 Å². The summed E-state index contributed by atoms with van der Waals surface area (Å²) in [4.78, 5) is 4.58. The number of aryl methyl sites for hydroxylation is 2. The van der Waals surface area contributed by atoms with Gasteiger partial charge in [0.05, 0.1) is 28.0 Å². The Balaban J connectivity index is 1.92. The fourth-order valence-corrected chi connectivity index (χ4v) is 3.57. The lowest BCUT2D eigenvalue weighted by Crippen LogP contribution is -2.08. The number of benzene rings is 1. The quantitative estimate of drug-likeness (QED) is 0.404. The molecule has 0 saturated heterocycles. The summed E-state index contributed by atoms with van der Waals surface area (Å²) in [5.74, 6) is 0.186. The second-order valence-corrected chi connectivity index (χ2v) is 7.01. The first-order chi connectivity index (χ1) is 15.4. The van der Waals surface area contributed by atoms with E-state index in [1.54, 1.807) is 54.2 Å². The number of nitrogens with zero attached hydrogens (tertiary/aromatic N) is 7. The smallest absolute Gasteiger partial charge is 0.421 e. The van der Waals surface area contributed by atoms with Gasteiger partial charge in [0.1, 0.15) is 0 Å². The van der Waals surface area contributed by atoms with Crippen LogP contribution < -0.4 is 0 Å². The van der Waals surface area contributed by atoms with Crippen molar-refractivity contribution in [3.05, 3.63) is 60.2 Å². The van der Waals surface area contributed by atoms with E-state index in [1.165, 1.54) is 10.7 Å². The number of para-hydroxylation sites is 1. The molecule has 8 nitrogen and oxygen atoms in total. The predicted octanol–water partition coefficient (Wildman–Crippen LogP) is 4.68. The van der Waals surface area contributed by atoms with Crippen LogP contribution in [0.4, 0.5) is 13.2 Å². The van der Waals surface area contributed by atoms with Gasteiger partial charge in [-0.05, 0) is 31.2 Å². The van der Waals surface area contributed by atoms with Crippen molar-refractivity contribution in [1.29, 1.82) is 0 Å². The molecule has 0 N–H and O–H groups in total. The second kappa shape index (κ2) is 7.29. The first kappa shape index (κ1) is 19.9. The fraction of sp³-hybridized carbons (Fsp3) is 0.190. The van der Waals surface area contributed by atoms with E-state index >= 15 is 0 Å². The van der Waals surface area contributed by atoms with Crippen LogP contribution in [-0.4, -0.2) is 34.7 Å². The number of rotatable bonds is 4. The molecule has 0 fully saturated rings. The molecule has 4 aromatic heterocycles. The highest BCUT2D eigenvalue weighted by Gasteiger charge is 2.39. The van der Waals surface area contributed by atoms with Gasteiger partial charge in [-0.25, -0.2) is 9.67 Å². The van der Waals surface area contributed by atoms with Gasteiger partial charge in [-0.15, -0.1) is 10.2 Å². The fourth-order valence-electron chi connectivity index (χ4n) is 3.57.